The third-order valence-corrected chi connectivity index (χ3v) is 6.67. The van der Waals surface area contributed by atoms with Gasteiger partial charge in [-0.25, -0.2) is 0 Å². The number of hydrogen-bond acceptors (Lipinski definition) is 4. The molecule has 2 aromatic heterocycles. The molecule has 146 valence electrons. The molecule has 1 atom stereocenters. The molecule has 3 N–H and O–H groups in total. The van der Waals surface area contributed by atoms with Crippen molar-refractivity contribution in [2.24, 2.45) is 5.92 Å². The standard InChI is InChI=1S/C22H24N2O3S/c1-11(2)13-5-7-14(8-6-13)23-20(26)18-19(25)17-15-9-4-12(3)10-16(15)28-22(17)24-21(18)27/h5-8,11-12H,4,9-10H2,1-3H3,(H,23,26)(H2,24,25,27)/t12-/m0/s1. The van der Waals surface area contributed by atoms with E-state index >= 15 is 0 Å². The van der Waals surface area contributed by atoms with Crippen molar-refractivity contribution in [3.05, 3.63) is 56.2 Å². The highest BCUT2D eigenvalue weighted by atomic mass is 32.1. The summed E-state index contributed by atoms with van der Waals surface area (Å²) in [6.45, 7) is 6.41. The van der Waals surface area contributed by atoms with E-state index in [0.717, 1.165) is 24.8 Å². The van der Waals surface area contributed by atoms with Gasteiger partial charge in [0, 0.05) is 10.6 Å². The molecule has 0 bridgehead atoms. The van der Waals surface area contributed by atoms with Gasteiger partial charge < -0.3 is 15.4 Å². The Kier molecular flexibility index (Phi) is 4.75. The minimum Gasteiger partial charge on any atom is -0.506 e. The summed E-state index contributed by atoms with van der Waals surface area (Å²) in [6.07, 6.45) is 2.84. The number of aromatic nitrogens is 1. The third-order valence-electron chi connectivity index (χ3n) is 5.50. The van der Waals surface area contributed by atoms with Crippen molar-refractivity contribution < 1.29 is 9.90 Å². The summed E-state index contributed by atoms with van der Waals surface area (Å²) in [5.41, 5.74) is 2.04. The molecule has 6 heteroatoms. The Morgan fingerprint density at radius 2 is 2.00 bits per heavy atom. The lowest BCUT2D eigenvalue weighted by Gasteiger charge is -2.18. The van der Waals surface area contributed by atoms with E-state index in [2.05, 4.69) is 31.1 Å². The van der Waals surface area contributed by atoms with Gasteiger partial charge in [-0.2, -0.15) is 0 Å². The molecule has 4 rings (SSSR count). The number of fused-ring (bicyclic) bond motifs is 3. The number of aryl methyl sites for hydroxylation is 1. The molecular weight excluding hydrogens is 372 g/mol. The zero-order chi connectivity index (χ0) is 20.0. The van der Waals surface area contributed by atoms with Crippen LogP contribution in [0, 0.1) is 5.92 Å². The van der Waals surface area contributed by atoms with Gasteiger partial charge in [-0.3, -0.25) is 9.59 Å². The zero-order valence-corrected chi connectivity index (χ0v) is 17.1. The van der Waals surface area contributed by atoms with Crippen LogP contribution in [0.4, 0.5) is 5.69 Å². The SMILES string of the molecule is CC(C)c1ccc(NC(=O)c2c(O)c3c4c(sc3[nH]c2=O)C[C@@H](C)CC4)cc1. The first-order valence-corrected chi connectivity index (χ1v) is 10.5. The number of benzene rings is 1. The quantitative estimate of drug-likeness (QED) is 0.595. The van der Waals surface area contributed by atoms with Gasteiger partial charge in [0.2, 0.25) is 0 Å². The van der Waals surface area contributed by atoms with E-state index in [1.165, 1.54) is 21.8 Å². The van der Waals surface area contributed by atoms with Crippen LogP contribution >= 0.6 is 11.3 Å². The molecule has 0 aliphatic heterocycles. The van der Waals surface area contributed by atoms with Crippen LogP contribution in [-0.4, -0.2) is 16.0 Å². The van der Waals surface area contributed by atoms with Crippen molar-refractivity contribution in [3.63, 3.8) is 0 Å². The molecule has 1 aliphatic rings. The summed E-state index contributed by atoms with van der Waals surface area (Å²) < 4.78 is 0. The molecule has 0 radical (unpaired) electrons. The van der Waals surface area contributed by atoms with E-state index in [1.807, 2.05) is 24.3 Å². The first-order valence-electron chi connectivity index (χ1n) is 9.66. The Balaban J connectivity index is 1.71. The monoisotopic (exact) mass is 396 g/mol. The van der Waals surface area contributed by atoms with E-state index in [1.54, 1.807) is 0 Å². The minimum atomic E-state index is -0.595. The van der Waals surface area contributed by atoms with Crippen LogP contribution in [-0.2, 0) is 12.8 Å². The second kappa shape index (κ2) is 7.09. The highest BCUT2D eigenvalue weighted by molar-refractivity contribution is 7.18. The summed E-state index contributed by atoms with van der Waals surface area (Å²) in [5.74, 6) is 0.182. The number of H-pyrrole nitrogens is 1. The maximum absolute atomic E-state index is 12.8. The van der Waals surface area contributed by atoms with Crippen LogP contribution in [0.25, 0.3) is 10.2 Å². The van der Waals surface area contributed by atoms with Gasteiger partial charge in [-0.15, -0.1) is 11.3 Å². The summed E-state index contributed by atoms with van der Waals surface area (Å²) in [6, 6.07) is 7.52. The number of carbonyl (C=O) groups is 1. The average molecular weight is 397 g/mol. The van der Waals surface area contributed by atoms with Crippen LogP contribution < -0.4 is 10.9 Å². The number of aromatic amines is 1. The van der Waals surface area contributed by atoms with E-state index in [4.69, 9.17) is 0 Å². The van der Waals surface area contributed by atoms with Crippen LogP contribution in [0.15, 0.2) is 29.1 Å². The number of anilines is 1. The summed E-state index contributed by atoms with van der Waals surface area (Å²) in [7, 11) is 0. The van der Waals surface area contributed by atoms with Crippen molar-refractivity contribution in [2.45, 2.75) is 46.0 Å². The maximum atomic E-state index is 12.8. The topological polar surface area (TPSA) is 82.2 Å². The third kappa shape index (κ3) is 3.22. The number of thiophene rings is 1. The highest BCUT2D eigenvalue weighted by Gasteiger charge is 2.27. The predicted molar refractivity (Wildman–Crippen MR) is 114 cm³/mol. The Morgan fingerprint density at radius 1 is 1.29 bits per heavy atom. The van der Waals surface area contributed by atoms with Gasteiger partial charge >= 0.3 is 0 Å². The molecule has 1 aromatic carbocycles. The second-order valence-electron chi connectivity index (χ2n) is 7.96. The fourth-order valence-electron chi connectivity index (χ4n) is 3.84. The van der Waals surface area contributed by atoms with Crippen molar-refractivity contribution in [2.75, 3.05) is 5.32 Å². The minimum absolute atomic E-state index is 0.206. The van der Waals surface area contributed by atoms with Crippen LogP contribution in [0.3, 0.4) is 0 Å². The number of aromatic hydroxyl groups is 1. The van der Waals surface area contributed by atoms with Gasteiger partial charge in [0.05, 0.1) is 5.39 Å². The van der Waals surface area contributed by atoms with Crippen molar-refractivity contribution >= 4 is 33.1 Å². The first-order chi connectivity index (χ1) is 13.3. The maximum Gasteiger partial charge on any atom is 0.265 e. The number of hydrogen-bond donors (Lipinski definition) is 3. The summed E-state index contributed by atoms with van der Waals surface area (Å²) in [4.78, 5) is 30.0. The second-order valence-corrected chi connectivity index (χ2v) is 9.07. The molecule has 2 heterocycles. The van der Waals surface area contributed by atoms with Crippen LogP contribution in [0.5, 0.6) is 5.75 Å². The predicted octanol–water partition coefficient (Wildman–Crippen LogP) is 4.80. The van der Waals surface area contributed by atoms with E-state index in [-0.39, 0.29) is 11.3 Å². The van der Waals surface area contributed by atoms with E-state index in [9.17, 15) is 14.7 Å². The number of carbonyl (C=O) groups excluding carboxylic acids is 1. The Morgan fingerprint density at radius 3 is 2.68 bits per heavy atom. The molecule has 3 aromatic rings. The molecule has 0 spiro atoms. The molecular formula is C22H24N2O3S. The number of rotatable bonds is 3. The molecule has 0 saturated carbocycles. The normalized spacial score (nSPS) is 16.4. The fraction of sp³-hybridized carbons (Fsp3) is 0.364. The first kappa shape index (κ1) is 18.7. The van der Waals surface area contributed by atoms with Gasteiger partial charge in [-0.1, -0.05) is 32.9 Å². The molecule has 28 heavy (non-hydrogen) atoms. The molecule has 0 fully saturated rings. The Labute approximate surface area is 167 Å². The van der Waals surface area contributed by atoms with Crippen LogP contribution in [0.1, 0.15) is 59.5 Å². The molecule has 5 nitrogen and oxygen atoms in total. The molecule has 0 saturated heterocycles. The van der Waals surface area contributed by atoms with Gasteiger partial charge in [0.25, 0.3) is 11.5 Å². The lowest BCUT2D eigenvalue weighted by molar-refractivity contribution is 0.102. The highest BCUT2D eigenvalue weighted by Crippen LogP contribution is 2.41. The van der Waals surface area contributed by atoms with Crippen molar-refractivity contribution in [3.8, 4) is 5.75 Å². The molecule has 1 amide bonds. The lowest BCUT2D eigenvalue weighted by Crippen LogP contribution is -2.23. The van der Waals surface area contributed by atoms with Gasteiger partial charge in [0.1, 0.15) is 16.1 Å². The smallest absolute Gasteiger partial charge is 0.265 e. The zero-order valence-electron chi connectivity index (χ0n) is 16.3. The van der Waals surface area contributed by atoms with E-state index < -0.39 is 11.5 Å². The van der Waals surface area contributed by atoms with Crippen LogP contribution in [0.2, 0.25) is 0 Å². The average Bonchev–Trinajstić information content (AvgIpc) is 2.99. The fourth-order valence-corrected chi connectivity index (χ4v) is 5.25. The lowest BCUT2D eigenvalue weighted by atomic mass is 9.89. The van der Waals surface area contributed by atoms with Crippen molar-refractivity contribution in [1.82, 2.24) is 4.98 Å². The van der Waals surface area contributed by atoms with Gasteiger partial charge in [-0.05, 0) is 54.4 Å². The van der Waals surface area contributed by atoms with E-state index in [0.29, 0.717) is 27.7 Å². The molecule has 1 aliphatic carbocycles. The van der Waals surface area contributed by atoms with Crippen molar-refractivity contribution in [1.29, 1.82) is 0 Å². The summed E-state index contributed by atoms with van der Waals surface area (Å²) in [5, 5.41) is 14.2. The number of pyridine rings is 1. The summed E-state index contributed by atoms with van der Waals surface area (Å²) >= 11 is 1.51. The Bertz CT molecular complexity index is 1110. The number of amides is 1. The molecule has 0 unspecified atom stereocenters. The Hall–Kier alpha value is -2.60. The van der Waals surface area contributed by atoms with Gasteiger partial charge in [0.15, 0.2) is 0 Å². The number of nitrogens with one attached hydrogen (secondary N) is 2. The largest absolute Gasteiger partial charge is 0.506 e.